The zero-order chi connectivity index (χ0) is 25.9. The number of methoxy groups -OCH3 is 1. The molecule has 0 aliphatic rings. The molecular formula is C25H24F3N5O3. The molecule has 1 unspecified atom stereocenters. The van der Waals surface area contributed by atoms with Crippen LogP contribution in [0.3, 0.4) is 0 Å². The average Bonchev–Trinajstić information content (AvgIpc) is 3.51. The van der Waals surface area contributed by atoms with Crippen molar-refractivity contribution in [1.29, 1.82) is 0 Å². The van der Waals surface area contributed by atoms with Crippen LogP contribution in [0.4, 0.5) is 13.2 Å². The number of nitrogens with one attached hydrogen (secondary N) is 1. The third-order valence-corrected chi connectivity index (χ3v) is 5.78. The Hall–Kier alpha value is -4.12. The van der Waals surface area contributed by atoms with Crippen LogP contribution in [-0.4, -0.2) is 50.2 Å². The number of imidazole rings is 1. The fraction of sp³-hybridized carbons (Fsp3) is 0.240. The maximum absolute atomic E-state index is 13.8. The molecule has 1 amide bonds. The number of carbonyl (C=O) groups excluding carboxylic acids is 1. The Bertz CT molecular complexity index is 1330. The van der Waals surface area contributed by atoms with Gasteiger partial charge in [-0.15, -0.1) is 0 Å². The quantitative estimate of drug-likeness (QED) is 0.384. The lowest BCUT2D eigenvalue weighted by Gasteiger charge is -2.29. The van der Waals surface area contributed by atoms with E-state index in [4.69, 9.17) is 4.74 Å². The number of nitrogens with zero attached hydrogens (tertiary/aromatic N) is 4. The molecule has 2 N–H and O–H groups in total. The van der Waals surface area contributed by atoms with E-state index in [1.54, 1.807) is 24.3 Å². The van der Waals surface area contributed by atoms with Gasteiger partial charge in [0.25, 0.3) is 5.91 Å². The summed E-state index contributed by atoms with van der Waals surface area (Å²) in [5, 5.41) is 17.6. The molecule has 0 bridgehead atoms. The molecule has 0 spiro atoms. The number of benzene rings is 2. The SMILES string of the molecule is COc1ccc(-c2nn(-c3ccccc3)cc2C(=O)NCCC(O)(c2nccn2C)C(F)(F)F)cc1. The van der Waals surface area contributed by atoms with Crippen LogP contribution >= 0.6 is 0 Å². The number of aryl methyl sites for hydroxylation is 1. The minimum absolute atomic E-state index is 0.163. The van der Waals surface area contributed by atoms with Gasteiger partial charge in [0.05, 0.1) is 18.4 Å². The fourth-order valence-corrected chi connectivity index (χ4v) is 3.81. The van der Waals surface area contributed by atoms with E-state index < -0.39 is 36.5 Å². The summed E-state index contributed by atoms with van der Waals surface area (Å²) in [7, 11) is 2.89. The van der Waals surface area contributed by atoms with Gasteiger partial charge in [-0.05, 0) is 36.4 Å². The number of rotatable bonds is 8. The smallest absolute Gasteiger partial charge is 0.424 e. The first-order valence-corrected chi connectivity index (χ1v) is 11.0. The Morgan fingerprint density at radius 2 is 1.81 bits per heavy atom. The second-order valence-corrected chi connectivity index (χ2v) is 8.13. The number of ether oxygens (including phenoxy) is 1. The Kier molecular flexibility index (Phi) is 6.84. The minimum Gasteiger partial charge on any atom is -0.497 e. The van der Waals surface area contributed by atoms with Gasteiger partial charge in [-0.25, -0.2) is 9.67 Å². The molecule has 188 valence electrons. The summed E-state index contributed by atoms with van der Waals surface area (Å²) in [5.41, 5.74) is -1.40. The highest BCUT2D eigenvalue weighted by atomic mass is 19.4. The molecular weight excluding hydrogens is 475 g/mol. The molecule has 0 saturated heterocycles. The Morgan fingerprint density at radius 3 is 2.39 bits per heavy atom. The first-order valence-electron chi connectivity index (χ1n) is 11.0. The molecule has 36 heavy (non-hydrogen) atoms. The third kappa shape index (κ3) is 4.82. The molecule has 11 heteroatoms. The number of hydrogen-bond donors (Lipinski definition) is 2. The van der Waals surface area contributed by atoms with Crippen LogP contribution in [0.2, 0.25) is 0 Å². The van der Waals surface area contributed by atoms with Crippen molar-refractivity contribution in [2.75, 3.05) is 13.7 Å². The summed E-state index contributed by atoms with van der Waals surface area (Å²) >= 11 is 0. The average molecular weight is 499 g/mol. The van der Waals surface area contributed by atoms with Crippen molar-refractivity contribution in [2.24, 2.45) is 7.05 Å². The van der Waals surface area contributed by atoms with Gasteiger partial charge in [0.2, 0.25) is 5.60 Å². The van der Waals surface area contributed by atoms with E-state index in [9.17, 15) is 23.1 Å². The maximum atomic E-state index is 13.8. The van der Waals surface area contributed by atoms with E-state index in [0.717, 1.165) is 4.57 Å². The van der Waals surface area contributed by atoms with E-state index in [1.807, 2.05) is 30.3 Å². The molecule has 0 aliphatic carbocycles. The molecule has 2 aromatic heterocycles. The second-order valence-electron chi connectivity index (χ2n) is 8.13. The number of halogens is 3. The molecule has 0 saturated carbocycles. The van der Waals surface area contributed by atoms with Crippen molar-refractivity contribution in [3.05, 3.63) is 84.6 Å². The van der Waals surface area contributed by atoms with E-state index >= 15 is 0 Å². The monoisotopic (exact) mass is 499 g/mol. The number of amides is 1. The van der Waals surface area contributed by atoms with Crippen LogP contribution in [0, 0.1) is 0 Å². The van der Waals surface area contributed by atoms with Crippen molar-refractivity contribution >= 4 is 5.91 Å². The molecule has 2 aromatic carbocycles. The van der Waals surface area contributed by atoms with Gasteiger partial charge >= 0.3 is 6.18 Å². The van der Waals surface area contributed by atoms with Crippen LogP contribution in [0.5, 0.6) is 5.75 Å². The van der Waals surface area contributed by atoms with Gasteiger partial charge in [-0.3, -0.25) is 4.79 Å². The summed E-state index contributed by atoms with van der Waals surface area (Å²) in [6, 6.07) is 16.0. The Morgan fingerprint density at radius 1 is 1.11 bits per heavy atom. The van der Waals surface area contributed by atoms with E-state index in [1.165, 1.54) is 37.4 Å². The van der Waals surface area contributed by atoms with E-state index in [-0.39, 0.29) is 5.56 Å². The Balaban J connectivity index is 1.61. The summed E-state index contributed by atoms with van der Waals surface area (Å²) < 4.78 is 49.2. The predicted octanol–water partition coefficient (Wildman–Crippen LogP) is 3.85. The molecule has 0 aliphatic heterocycles. The largest absolute Gasteiger partial charge is 0.497 e. The van der Waals surface area contributed by atoms with Crippen LogP contribution < -0.4 is 10.1 Å². The molecule has 1 atom stereocenters. The third-order valence-electron chi connectivity index (χ3n) is 5.78. The van der Waals surface area contributed by atoms with Crippen LogP contribution in [0.15, 0.2) is 73.2 Å². The van der Waals surface area contributed by atoms with Crippen molar-refractivity contribution in [3.8, 4) is 22.7 Å². The first-order chi connectivity index (χ1) is 17.1. The topological polar surface area (TPSA) is 94.2 Å². The van der Waals surface area contributed by atoms with Gasteiger partial charge in [-0.1, -0.05) is 18.2 Å². The number of aliphatic hydroxyl groups is 1. The van der Waals surface area contributed by atoms with Crippen LogP contribution in [0.1, 0.15) is 22.6 Å². The minimum atomic E-state index is -5.00. The lowest BCUT2D eigenvalue weighted by molar-refractivity contribution is -0.272. The van der Waals surface area contributed by atoms with Crippen LogP contribution in [-0.2, 0) is 12.6 Å². The number of aromatic nitrogens is 4. The number of hydrogen-bond acceptors (Lipinski definition) is 5. The van der Waals surface area contributed by atoms with Crippen molar-refractivity contribution in [2.45, 2.75) is 18.2 Å². The van der Waals surface area contributed by atoms with Gasteiger partial charge in [-0.2, -0.15) is 18.3 Å². The maximum Gasteiger partial charge on any atom is 0.424 e. The fourth-order valence-electron chi connectivity index (χ4n) is 3.81. The number of carbonyl (C=O) groups is 1. The van der Waals surface area contributed by atoms with Gasteiger partial charge in [0.1, 0.15) is 17.3 Å². The van der Waals surface area contributed by atoms with Crippen LogP contribution in [0.25, 0.3) is 16.9 Å². The zero-order valence-electron chi connectivity index (χ0n) is 19.5. The van der Waals surface area contributed by atoms with E-state index in [2.05, 4.69) is 15.4 Å². The lowest BCUT2D eigenvalue weighted by atomic mass is 9.97. The highest BCUT2D eigenvalue weighted by Crippen LogP contribution is 2.40. The van der Waals surface area contributed by atoms with Gasteiger partial charge < -0.3 is 19.7 Å². The van der Waals surface area contributed by atoms with Crippen molar-refractivity contribution < 1.29 is 27.8 Å². The molecule has 4 aromatic rings. The predicted molar refractivity (Wildman–Crippen MR) is 126 cm³/mol. The zero-order valence-corrected chi connectivity index (χ0v) is 19.5. The molecule has 2 heterocycles. The summed E-state index contributed by atoms with van der Waals surface area (Å²) in [4.78, 5) is 16.8. The number of para-hydroxylation sites is 1. The van der Waals surface area contributed by atoms with Gasteiger partial charge in [0, 0.05) is 44.2 Å². The highest BCUT2D eigenvalue weighted by molar-refractivity contribution is 6.00. The lowest BCUT2D eigenvalue weighted by Crippen LogP contribution is -2.46. The number of alkyl halides is 3. The summed E-state index contributed by atoms with van der Waals surface area (Å²) in [5.74, 6) is -0.569. The molecule has 4 rings (SSSR count). The van der Waals surface area contributed by atoms with E-state index in [0.29, 0.717) is 22.7 Å². The van der Waals surface area contributed by atoms with Gasteiger partial charge in [0.15, 0.2) is 0 Å². The highest BCUT2D eigenvalue weighted by Gasteiger charge is 2.57. The van der Waals surface area contributed by atoms with Crippen molar-refractivity contribution in [1.82, 2.24) is 24.6 Å². The first kappa shape index (κ1) is 25.0. The molecule has 8 nitrogen and oxygen atoms in total. The Labute approximate surface area is 205 Å². The summed E-state index contributed by atoms with van der Waals surface area (Å²) in [6.07, 6.45) is -1.83. The van der Waals surface area contributed by atoms with Crippen molar-refractivity contribution in [3.63, 3.8) is 0 Å². The summed E-state index contributed by atoms with van der Waals surface area (Å²) in [6.45, 7) is -0.458. The molecule has 0 fully saturated rings. The molecule has 0 radical (unpaired) electrons. The standard InChI is InChI=1S/C25H24F3N5O3/c1-32-15-14-30-23(32)24(35,25(26,27)28)12-13-29-22(34)20-16-33(18-6-4-3-5-7-18)31-21(20)17-8-10-19(36-2)11-9-17/h3-11,14-16,35H,12-13H2,1-2H3,(H,29,34). The normalized spacial score (nSPS) is 13.3. The second kappa shape index (κ2) is 9.86.